The molecule has 0 radical (unpaired) electrons. The highest BCUT2D eigenvalue weighted by Crippen LogP contribution is 2.28. The van der Waals surface area contributed by atoms with Crippen LogP contribution in [0.15, 0.2) is 48.5 Å². The molecule has 1 saturated heterocycles. The van der Waals surface area contributed by atoms with Crippen molar-refractivity contribution in [3.05, 3.63) is 54.1 Å². The first-order chi connectivity index (χ1) is 15.0. The molecule has 1 fully saturated rings. The molecule has 0 spiro atoms. The first-order valence-corrected chi connectivity index (χ1v) is 10.3. The summed E-state index contributed by atoms with van der Waals surface area (Å²) in [5, 5.41) is 2.68. The Morgan fingerprint density at radius 2 is 1.65 bits per heavy atom. The number of rotatable bonds is 6. The van der Waals surface area contributed by atoms with Gasteiger partial charge in [0.1, 0.15) is 6.54 Å². The Kier molecular flexibility index (Phi) is 5.97. The van der Waals surface area contributed by atoms with Crippen LogP contribution in [0.25, 0.3) is 0 Å². The molecule has 0 bridgehead atoms. The summed E-state index contributed by atoms with van der Waals surface area (Å²) >= 11 is 0. The molecule has 1 N–H and O–H groups in total. The second-order valence-electron chi connectivity index (χ2n) is 7.54. The number of esters is 1. The van der Waals surface area contributed by atoms with Crippen LogP contribution < -0.4 is 15.1 Å². The number of carbonyl (C=O) groups excluding carboxylic acids is 4. The molecule has 31 heavy (non-hydrogen) atoms. The Hall–Kier alpha value is -3.68. The quantitative estimate of drug-likeness (QED) is 0.568. The minimum Gasteiger partial charge on any atom is -0.454 e. The van der Waals surface area contributed by atoms with E-state index in [9.17, 15) is 19.2 Å². The van der Waals surface area contributed by atoms with Crippen LogP contribution in [0.3, 0.4) is 0 Å². The van der Waals surface area contributed by atoms with Crippen molar-refractivity contribution >= 4 is 40.6 Å². The number of amides is 2. The number of hydrogen-bond donors (Lipinski definition) is 1. The molecule has 4 rings (SSSR count). The van der Waals surface area contributed by atoms with Crippen LogP contribution in [-0.2, 0) is 19.1 Å². The van der Waals surface area contributed by atoms with Crippen molar-refractivity contribution in [2.24, 2.45) is 0 Å². The molecule has 0 aromatic heterocycles. The first-order valence-electron chi connectivity index (χ1n) is 10.3. The van der Waals surface area contributed by atoms with Crippen LogP contribution in [0.1, 0.15) is 29.6 Å². The Bertz CT molecular complexity index is 1010. The molecule has 8 nitrogen and oxygen atoms in total. The number of anilines is 3. The molecule has 2 heterocycles. The van der Waals surface area contributed by atoms with Gasteiger partial charge in [-0.15, -0.1) is 0 Å². The first kappa shape index (κ1) is 20.6. The van der Waals surface area contributed by atoms with Gasteiger partial charge in [0.2, 0.25) is 0 Å². The summed E-state index contributed by atoms with van der Waals surface area (Å²) in [7, 11) is 0. The number of Topliss-reactive ketones (excluding diaryl/α,β-unsaturated/α-hetero) is 1. The number of fused-ring (bicyclic) bond motifs is 1. The Morgan fingerprint density at radius 3 is 2.39 bits per heavy atom. The lowest BCUT2D eigenvalue weighted by molar-refractivity contribution is -0.146. The van der Waals surface area contributed by atoms with Crippen molar-refractivity contribution in [2.45, 2.75) is 19.3 Å². The van der Waals surface area contributed by atoms with Gasteiger partial charge in [-0.25, -0.2) is 0 Å². The third-order valence-corrected chi connectivity index (χ3v) is 5.40. The molecule has 8 heteroatoms. The van der Waals surface area contributed by atoms with Crippen LogP contribution in [0.2, 0.25) is 0 Å². The molecule has 2 aromatic rings. The standard InChI is InChI=1S/C23H23N3O5/c27-20(24-16-8-10-17(11-9-16)25-12-4-1-5-13-25)15-31-21(28)14-26-19-7-3-2-6-18(19)22(29)23(26)30/h2-3,6-11H,1,4-5,12-15H2,(H,24,27). The fraction of sp³-hybridized carbons (Fsp3) is 0.304. The number of ether oxygens (including phenoxy) is 1. The summed E-state index contributed by atoms with van der Waals surface area (Å²) in [5.74, 6) is -2.69. The summed E-state index contributed by atoms with van der Waals surface area (Å²) in [6.07, 6.45) is 3.64. The van der Waals surface area contributed by atoms with E-state index in [0.29, 0.717) is 11.4 Å². The lowest BCUT2D eigenvalue weighted by Crippen LogP contribution is -2.36. The molecule has 0 atom stereocenters. The number of piperidine rings is 1. The smallest absolute Gasteiger partial charge is 0.326 e. The highest BCUT2D eigenvalue weighted by atomic mass is 16.5. The fourth-order valence-corrected chi connectivity index (χ4v) is 3.83. The minimum atomic E-state index is -0.781. The van der Waals surface area contributed by atoms with E-state index >= 15 is 0 Å². The molecule has 160 valence electrons. The van der Waals surface area contributed by atoms with E-state index < -0.39 is 36.7 Å². The van der Waals surface area contributed by atoms with Gasteiger partial charge in [-0.3, -0.25) is 24.1 Å². The fourth-order valence-electron chi connectivity index (χ4n) is 3.83. The van der Waals surface area contributed by atoms with Crippen LogP contribution >= 0.6 is 0 Å². The number of nitrogens with zero attached hydrogens (tertiary/aromatic N) is 2. The van der Waals surface area contributed by atoms with E-state index in [0.717, 1.165) is 23.7 Å². The lowest BCUT2D eigenvalue weighted by Gasteiger charge is -2.28. The summed E-state index contributed by atoms with van der Waals surface area (Å²) < 4.78 is 4.99. The third-order valence-electron chi connectivity index (χ3n) is 5.40. The van der Waals surface area contributed by atoms with Crippen molar-refractivity contribution in [1.82, 2.24) is 0 Å². The Balaban J connectivity index is 1.27. The van der Waals surface area contributed by atoms with E-state index in [2.05, 4.69) is 10.2 Å². The summed E-state index contributed by atoms with van der Waals surface area (Å²) in [4.78, 5) is 51.7. The molecular weight excluding hydrogens is 398 g/mol. The van der Waals surface area contributed by atoms with E-state index in [1.165, 1.54) is 25.3 Å². The third kappa shape index (κ3) is 4.58. The maximum atomic E-state index is 12.1. The van der Waals surface area contributed by atoms with Crippen molar-refractivity contribution in [3.63, 3.8) is 0 Å². The van der Waals surface area contributed by atoms with Gasteiger partial charge in [0, 0.05) is 24.5 Å². The van der Waals surface area contributed by atoms with Crippen LogP contribution in [0, 0.1) is 0 Å². The van der Waals surface area contributed by atoms with Crippen LogP contribution in [0.5, 0.6) is 0 Å². The van der Waals surface area contributed by atoms with Gasteiger partial charge in [0.05, 0.1) is 11.3 Å². The minimum absolute atomic E-state index is 0.256. The molecule has 0 saturated carbocycles. The number of nitrogens with one attached hydrogen (secondary N) is 1. The van der Waals surface area contributed by atoms with Gasteiger partial charge >= 0.3 is 5.97 Å². The van der Waals surface area contributed by atoms with E-state index in [-0.39, 0.29) is 5.56 Å². The van der Waals surface area contributed by atoms with E-state index in [4.69, 9.17) is 4.74 Å². The predicted octanol–water partition coefficient (Wildman–Crippen LogP) is 2.39. The number of ketones is 1. The summed E-state index contributed by atoms with van der Waals surface area (Å²) in [6, 6.07) is 14.0. The normalized spacial score (nSPS) is 15.6. The average molecular weight is 421 g/mol. The molecule has 2 aliphatic heterocycles. The average Bonchev–Trinajstić information content (AvgIpc) is 3.04. The molecule has 2 aliphatic rings. The van der Waals surface area contributed by atoms with Gasteiger partial charge in [-0.1, -0.05) is 12.1 Å². The summed E-state index contributed by atoms with van der Waals surface area (Å²) in [6.45, 7) is 1.16. The predicted molar refractivity (Wildman–Crippen MR) is 115 cm³/mol. The van der Waals surface area contributed by atoms with Crippen LogP contribution in [-0.4, -0.2) is 49.8 Å². The topological polar surface area (TPSA) is 96.0 Å². The van der Waals surface area contributed by atoms with Crippen molar-refractivity contribution in [1.29, 1.82) is 0 Å². The van der Waals surface area contributed by atoms with Crippen molar-refractivity contribution < 1.29 is 23.9 Å². The monoisotopic (exact) mass is 421 g/mol. The molecule has 0 unspecified atom stereocenters. The lowest BCUT2D eigenvalue weighted by atomic mass is 10.1. The number of carbonyl (C=O) groups is 4. The zero-order valence-electron chi connectivity index (χ0n) is 17.0. The largest absolute Gasteiger partial charge is 0.454 e. The van der Waals surface area contributed by atoms with Gasteiger partial charge < -0.3 is 15.0 Å². The van der Waals surface area contributed by atoms with Crippen molar-refractivity contribution in [2.75, 3.05) is 41.4 Å². The van der Waals surface area contributed by atoms with Gasteiger partial charge in [-0.05, 0) is 55.7 Å². The second kappa shape index (κ2) is 8.99. The number of para-hydroxylation sites is 1. The van der Waals surface area contributed by atoms with E-state index in [1.807, 2.05) is 24.3 Å². The molecule has 2 aromatic carbocycles. The molecule has 2 amide bonds. The van der Waals surface area contributed by atoms with E-state index in [1.54, 1.807) is 18.2 Å². The second-order valence-corrected chi connectivity index (χ2v) is 7.54. The highest BCUT2D eigenvalue weighted by Gasteiger charge is 2.36. The van der Waals surface area contributed by atoms with Crippen LogP contribution in [0.4, 0.5) is 17.1 Å². The maximum absolute atomic E-state index is 12.1. The van der Waals surface area contributed by atoms with Gasteiger partial charge in [0.25, 0.3) is 17.6 Å². The van der Waals surface area contributed by atoms with Gasteiger partial charge in [-0.2, -0.15) is 0 Å². The number of benzene rings is 2. The van der Waals surface area contributed by atoms with Crippen molar-refractivity contribution in [3.8, 4) is 0 Å². The zero-order chi connectivity index (χ0) is 21.8. The molecule has 0 aliphatic carbocycles. The molecular formula is C23H23N3O5. The maximum Gasteiger partial charge on any atom is 0.326 e. The Morgan fingerprint density at radius 1 is 0.935 bits per heavy atom. The number of hydrogen-bond acceptors (Lipinski definition) is 6. The highest BCUT2D eigenvalue weighted by molar-refractivity contribution is 6.52. The SMILES string of the molecule is O=C(COC(=O)CN1C(=O)C(=O)c2ccccc21)Nc1ccc(N2CCCCC2)cc1. The summed E-state index contributed by atoms with van der Waals surface area (Å²) in [5.41, 5.74) is 2.35. The van der Waals surface area contributed by atoms with Gasteiger partial charge in [0.15, 0.2) is 6.61 Å². The zero-order valence-corrected chi connectivity index (χ0v) is 17.0. The Labute approximate surface area is 179 Å².